The molecule has 1 aromatic heterocycles. The van der Waals surface area contributed by atoms with Crippen LogP contribution in [0, 0.1) is 5.92 Å². The van der Waals surface area contributed by atoms with Crippen LogP contribution in [0.4, 0.5) is 0 Å². The van der Waals surface area contributed by atoms with E-state index in [1.54, 1.807) is 0 Å². The Morgan fingerprint density at radius 2 is 2.29 bits per heavy atom. The Balaban J connectivity index is 2.18. The molecule has 1 saturated carbocycles. The molecule has 1 amide bonds. The van der Waals surface area contributed by atoms with E-state index in [1.165, 1.54) is 11.3 Å². The molecule has 5 nitrogen and oxygen atoms in total. The lowest BCUT2D eigenvalue weighted by atomic mass is 9.75. The van der Waals surface area contributed by atoms with Crippen molar-refractivity contribution < 1.29 is 10.0 Å². The highest BCUT2D eigenvalue weighted by Gasteiger charge is 2.40. The smallest absolute Gasteiger partial charge is 0.263 e. The standard InChI is InChI=1S/C14H20BrN3O2S/c1-2-9-3-6-14(7-4-9,13(16)18-20)17-12(19)11-10(15)5-8-21-11/h5,8-9,20H,2-4,6-7H2,1H3,(H2,16,18)(H,17,19). The van der Waals surface area contributed by atoms with Crippen LogP contribution >= 0.6 is 27.3 Å². The number of hydrogen-bond acceptors (Lipinski definition) is 4. The highest BCUT2D eigenvalue weighted by atomic mass is 79.9. The summed E-state index contributed by atoms with van der Waals surface area (Å²) in [6.07, 6.45) is 4.47. The van der Waals surface area contributed by atoms with E-state index in [-0.39, 0.29) is 11.7 Å². The molecule has 1 aliphatic rings. The van der Waals surface area contributed by atoms with E-state index in [4.69, 9.17) is 10.9 Å². The number of thiophene rings is 1. The van der Waals surface area contributed by atoms with Gasteiger partial charge in [-0.2, -0.15) is 0 Å². The van der Waals surface area contributed by atoms with E-state index in [0.717, 1.165) is 23.7 Å². The number of nitrogens with zero attached hydrogens (tertiary/aromatic N) is 1. The van der Waals surface area contributed by atoms with Crippen LogP contribution in [-0.4, -0.2) is 22.5 Å². The number of amidine groups is 1. The average Bonchev–Trinajstić information content (AvgIpc) is 2.93. The maximum atomic E-state index is 12.4. The van der Waals surface area contributed by atoms with Gasteiger partial charge in [-0.1, -0.05) is 18.5 Å². The van der Waals surface area contributed by atoms with Gasteiger partial charge in [0.1, 0.15) is 10.4 Å². The predicted octanol–water partition coefficient (Wildman–Crippen LogP) is 3.33. The van der Waals surface area contributed by atoms with Gasteiger partial charge in [-0.3, -0.25) is 4.79 Å². The SMILES string of the molecule is CCC1CCC(NC(=O)c2sccc2Br)(C(N)=NO)CC1. The lowest BCUT2D eigenvalue weighted by molar-refractivity contribution is 0.0898. The van der Waals surface area contributed by atoms with Crippen LogP contribution in [0.5, 0.6) is 0 Å². The van der Waals surface area contributed by atoms with Crippen LogP contribution in [0.15, 0.2) is 21.1 Å². The van der Waals surface area contributed by atoms with Crippen LogP contribution in [0.1, 0.15) is 48.7 Å². The average molecular weight is 374 g/mol. The molecule has 0 atom stereocenters. The third-order valence-corrected chi connectivity index (χ3v) is 6.15. The number of hydrogen-bond donors (Lipinski definition) is 3. The summed E-state index contributed by atoms with van der Waals surface area (Å²) in [5.74, 6) is 0.562. The van der Waals surface area contributed by atoms with Crippen molar-refractivity contribution in [2.75, 3.05) is 0 Å². The molecule has 0 radical (unpaired) electrons. The van der Waals surface area contributed by atoms with E-state index in [0.29, 0.717) is 23.6 Å². The van der Waals surface area contributed by atoms with Crippen LogP contribution in [0.25, 0.3) is 0 Å². The first-order chi connectivity index (χ1) is 10.0. The summed E-state index contributed by atoms with van der Waals surface area (Å²) in [7, 11) is 0. The first-order valence-corrected chi connectivity index (χ1v) is 8.73. The molecule has 1 heterocycles. The van der Waals surface area contributed by atoms with Crippen LogP contribution in [-0.2, 0) is 0 Å². The number of carbonyl (C=O) groups is 1. The van der Waals surface area contributed by atoms with Crippen molar-refractivity contribution in [3.63, 3.8) is 0 Å². The Bertz CT molecular complexity index is 536. The van der Waals surface area contributed by atoms with Crippen molar-refractivity contribution in [2.24, 2.45) is 16.8 Å². The van der Waals surface area contributed by atoms with E-state index in [9.17, 15) is 4.79 Å². The molecule has 1 aromatic rings. The number of nitrogens with two attached hydrogens (primary N) is 1. The Kier molecular flexibility index (Phi) is 5.27. The number of carbonyl (C=O) groups excluding carboxylic acids is 1. The monoisotopic (exact) mass is 373 g/mol. The first kappa shape index (κ1) is 16.3. The van der Waals surface area contributed by atoms with E-state index in [1.807, 2.05) is 11.4 Å². The molecule has 1 fully saturated rings. The third kappa shape index (κ3) is 3.40. The van der Waals surface area contributed by atoms with Crippen molar-refractivity contribution in [1.29, 1.82) is 0 Å². The quantitative estimate of drug-likeness (QED) is 0.327. The van der Waals surface area contributed by atoms with Crippen molar-refractivity contribution in [1.82, 2.24) is 5.32 Å². The molecule has 0 aromatic carbocycles. The predicted molar refractivity (Wildman–Crippen MR) is 87.9 cm³/mol. The molecular formula is C14H20BrN3O2S. The maximum absolute atomic E-state index is 12.4. The molecule has 1 aliphatic carbocycles. The molecule has 0 aliphatic heterocycles. The van der Waals surface area contributed by atoms with Crippen LogP contribution < -0.4 is 11.1 Å². The second kappa shape index (κ2) is 6.79. The maximum Gasteiger partial charge on any atom is 0.263 e. The van der Waals surface area contributed by atoms with Gasteiger partial charge in [0.05, 0.1) is 0 Å². The minimum atomic E-state index is -0.735. The molecule has 7 heteroatoms. The second-order valence-electron chi connectivity index (χ2n) is 5.47. The third-order valence-electron chi connectivity index (χ3n) is 4.31. The minimum Gasteiger partial charge on any atom is -0.409 e. The topological polar surface area (TPSA) is 87.7 Å². The lowest BCUT2D eigenvalue weighted by Gasteiger charge is -2.39. The van der Waals surface area contributed by atoms with Crippen LogP contribution in [0.2, 0.25) is 0 Å². The van der Waals surface area contributed by atoms with Crippen molar-refractivity contribution >= 4 is 39.0 Å². The summed E-state index contributed by atoms with van der Waals surface area (Å²) in [4.78, 5) is 13.1. The van der Waals surface area contributed by atoms with Gasteiger partial charge in [0, 0.05) is 4.47 Å². The second-order valence-corrected chi connectivity index (χ2v) is 7.24. The molecule has 2 rings (SSSR count). The largest absolute Gasteiger partial charge is 0.409 e. The molecule has 0 bridgehead atoms. The van der Waals surface area contributed by atoms with E-state index < -0.39 is 5.54 Å². The summed E-state index contributed by atoms with van der Waals surface area (Å²) in [5.41, 5.74) is 5.15. The molecule has 0 unspecified atom stereocenters. The Labute approximate surface area is 136 Å². The van der Waals surface area contributed by atoms with Gasteiger partial charge in [-0.05, 0) is 59.0 Å². The van der Waals surface area contributed by atoms with Gasteiger partial charge < -0.3 is 16.3 Å². The lowest BCUT2D eigenvalue weighted by Crippen LogP contribution is -2.59. The highest BCUT2D eigenvalue weighted by Crippen LogP contribution is 2.35. The van der Waals surface area contributed by atoms with E-state index >= 15 is 0 Å². The van der Waals surface area contributed by atoms with E-state index in [2.05, 4.69) is 33.3 Å². The molecule has 116 valence electrons. The van der Waals surface area contributed by atoms with Gasteiger partial charge in [-0.25, -0.2) is 0 Å². The zero-order valence-electron chi connectivity index (χ0n) is 11.9. The van der Waals surface area contributed by atoms with Crippen molar-refractivity contribution in [3.05, 3.63) is 20.8 Å². The molecule has 0 saturated heterocycles. The summed E-state index contributed by atoms with van der Waals surface area (Å²) in [6.45, 7) is 2.17. The fourth-order valence-electron chi connectivity index (χ4n) is 2.85. The summed E-state index contributed by atoms with van der Waals surface area (Å²) >= 11 is 4.73. The number of rotatable bonds is 4. The van der Waals surface area contributed by atoms with Crippen molar-refractivity contribution in [3.8, 4) is 0 Å². The van der Waals surface area contributed by atoms with Gasteiger partial charge in [0.15, 0.2) is 5.84 Å². The fourth-order valence-corrected chi connectivity index (χ4v) is 4.30. The Morgan fingerprint density at radius 1 is 1.62 bits per heavy atom. The number of halogens is 1. The first-order valence-electron chi connectivity index (χ1n) is 7.06. The summed E-state index contributed by atoms with van der Waals surface area (Å²) in [6, 6.07) is 1.84. The normalized spacial score (nSPS) is 26.6. The number of amides is 1. The molecular weight excluding hydrogens is 354 g/mol. The van der Waals surface area contributed by atoms with Gasteiger partial charge in [-0.15, -0.1) is 11.3 Å². The van der Waals surface area contributed by atoms with Gasteiger partial charge in [0.2, 0.25) is 0 Å². The Hall–Kier alpha value is -1.08. The molecule has 4 N–H and O–H groups in total. The molecule has 21 heavy (non-hydrogen) atoms. The van der Waals surface area contributed by atoms with Crippen molar-refractivity contribution in [2.45, 2.75) is 44.6 Å². The summed E-state index contributed by atoms with van der Waals surface area (Å²) < 4.78 is 0.766. The zero-order valence-corrected chi connectivity index (χ0v) is 14.3. The Morgan fingerprint density at radius 3 is 2.76 bits per heavy atom. The van der Waals surface area contributed by atoms with Gasteiger partial charge >= 0.3 is 0 Å². The van der Waals surface area contributed by atoms with Crippen LogP contribution in [0.3, 0.4) is 0 Å². The fraction of sp³-hybridized carbons (Fsp3) is 0.571. The summed E-state index contributed by atoms with van der Waals surface area (Å²) in [5, 5.41) is 17.1. The van der Waals surface area contributed by atoms with Gasteiger partial charge in [0.25, 0.3) is 5.91 Å². The number of nitrogens with one attached hydrogen (secondary N) is 1. The minimum absolute atomic E-state index is 0.0954. The zero-order chi connectivity index (χ0) is 15.5. The number of oxime groups is 1. The molecule has 0 spiro atoms. The highest BCUT2D eigenvalue weighted by molar-refractivity contribution is 9.10.